The lowest BCUT2D eigenvalue weighted by atomic mass is 10.1. The number of hydrogen-bond donors (Lipinski definition) is 5. The summed E-state index contributed by atoms with van der Waals surface area (Å²) in [4.78, 5) is 27.7. The third-order valence-corrected chi connectivity index (χ3v) is 5.85. The maximum Gasteiger partial charge on any atom is 0.490 e. The Hall–Kier alpha value is -4.98. The minimum absolute atomic E-state index is 0.502. The van der Waals surface area contributed by atoms with E-state index in [1.807, 2.05) is 48.5 Å². The lowest BCUT2D eigenvalue weighted by Crippen LogP contribution is -2.21. The van der Waals surface area contributed by atoms with Gasteiger partial charge < -0.3 is 26.6 Å². The van der Waals surface area contributed by atoms with Crippen LogP contribution in [-0.2, 0) is 16.0 Å². The Morgan fingerprint density at radius 3 is 2.07 bits per heavy atom. The number of nitriles is 1. The number of nitrogens with one attached hydrogen (secondary N) is 2. The van der Waals surface area contributed by atoms with Crippen LogP contribution in [0.15, 0.2) is 70.7 Å². The molecule has 0 saturated carbocycles. The van der Waals surface area contributed by atoms with Crippen molar-refractivity contribution in [3.05, 3.63) is 77.1 Å². The zero-order valence-corrected chi connectivity index (χ0v) is 21.8. The summed E-state index contributed by atoms with van der Waals surface area (Å²) in [6.45, 7) is 0.685. The number of fused-ring (bicyclic) bond motifs is 1. The van der Waals surface area contributed by atoms with Gasteiger partial charge in [-0.1, -0.05) is 36.0 Å². The summed E-state index contributed by atoms with van der Waals surface area (Å²) in [5.74, 6) is -5.01. The molecule has 4 rings (SSSR count). The monoisotopic (exact) mass is 614 g/mol. The molecule has 3 aromatic rings. The van der Waals surface area contributed by atoms with Crippen molar-refractivity contribution in [3.8, 4) is 6.07 Å². The molecule has 0 saturated heterocycles. The molecule has 0 unspecified atom stereocenters. The maximum atomic E-state index is 10.6. The summed E-state index contributed by atoms with van der Waals surface area (Å²) in [6.07, 6.45) is -7.68. The molecule has 42 heavy (non-hydrogen) atoms. The molecule has 17 heteroatoms. The van der Waals surface area contributed by atoms with Crippen molar-refractivity contribution < 1.29 is 46.1 Å². The Kier molecular flexibility index (Phi) is 11.5. The van der Waals surface area contributed by atoms with Crippen molar-refractivity contribution in [2.24, 2.45) is 0 Å². The molecule has 6 N–H and O–H groups in total. The lowest BCUT2D eigenvalue weighted by molar-refractivity contribution is -0.193. The summed E-state index contributed by atoms with van der Waals surface area (Å²) in [7, 11) is 0. The average Bonchev–Trinajstić information content (AvgIpc) is 3.34. The van der Waals surface area contributed by atoms with E-state index in [-0.39, 0.29) is 0 Å². The van der Waals surface area contributed by atoms with Crippen LogP contribution in [0.3, 0.4) is 0 Å². The molecule has 0 spiro atoms. The minimum Gasteiger partial charge on any atom is -0.475 e. The van der Waals surface area contributed by atoms with E-state index in [4.69, 9.17) is 25.5 Å². The van der Waals surface area contributed by atoms with E-state index in [2.05, 4.69) is 26.7 Å². The minimum atomic E-state index is -5.08. The highest BCUT2D eigenvalue weighted by molar-refractivity contribution is 8.04. The zero-order valence-electron chi connectivity index (χ0n) is 21.0. The second kappa shape index (κ2) is 14.6. The van der Waals surface area contributed by atoms with Crippen LogP contribution in [0.4, 0.5) is 43.7 Å². The topological polar surface area (TPSA) is 174 Å². The second-order valence-corrected chi connectivity index (χ2v) is 8.88. The summed E-state index contributed by atoms with van der Waals surface area (Å²) in [5.41, 5.74) is 9.75. The molecule has 1 aliphatic rings. The summed E-state index contributed by atoms with van der Waals surface area (Å²) < 4.78 is 63.5. The number of aromatic nitrogens is 2. The molecule has 1 aliphatic heterocycles. The largest absolute Gasteiger partial charge is 0.490 e. The molecule has 0 fully saturated rings. The van der Waals surface area contributed by atoms with Crippen LogP contribution >= 0.6 is 11.8 Å². The first kappa shape index (κ1) is 33.2. The van der Waals surface area contributed by atoms with Crippen LogP contribution in [0.2, 0.25) is 0 Å². The van der Waals surface area contributed by atoms with E-state index in [9.17, 15) is 31.6 Å². The van der Waals surface area contributed by atoms with Crippen molar-refractivity contribution >= 4 is 46.6 Å². The van der Waals surface area contributed by atoms with E-state index in [0.29, 0.717) is 23.8 Å². The van der Waals surface area contributed by atoms with E-state index in [0.717, 1.165) is 27.7 Å². The molecule has 0 aliphatic carbocycles. The molecule has 2 aromatic carbocycles. The fraction of sp³-hybridized carbons (Fsp3) is 0.160. The highest BCUT2D eigenvalue weighted by atomic mass is 32.2. The van der Waals surface area contributed by atoms with Crippen LogP contribution in [0.1, 0.15) is 11.3 Å². The van der Waals surface area contributed by atoms with Crippen LogP contribution in [0, 0.1) is 11.3 Å². The molecule has 0 radical (unpaired) electrons. The van der Waals surface area contributed by atoms with Crippen molar-refractivity contribution in [2.45, 2.75) is 23.7 Å². The molecule has 2 heterocycles. The van der Waals surface area contributed by atoms with Gasteiger partial charge in [-0.25, -0.2) is 19.6 Å². The number of nitrogen functional groups attached to an aromatic ring is 1. The van der Waals surface area contributed by atoms with Gasteiger partial charge >= 0.3 is 24.3 Å². The number of benzene rings is 2. The van der Waals surface area contributed by atoms with E-state index in [1.54, 1.807) is 24.0 Å². The Morgan fingerprint density at radius 2 is 1.55 bits per heavy atom. The third-order valence-electron chi connectivity index (χ3n) is 4.76. The number of carboxylic acid groups (broad SMARTS) is 2. The first-order valence-corrected chi connectivity index (χ1v) is 12.1. The number of para-hydroxylation sites is 1. The number of halogens is 6. The maximum absolute atomic E-state index is 10.6. The molecule has 222 valence electrons. The number of nitrogens with zero attached hydrogens (tertiary/aromatic N) is 3. The van der Waals surface area contributed by atoms with Crippen molar-refractivity contribution in [1.82, 2.24) is 9.97 Å². The highest BCUT2D eigenvalue weighted by Crippen LogP contribution is 2.43. The van der Waals surface area contributed by atoms with E-state index >= 15 is 0 Å². The molecule has 0 atom stereocenters. The van der Waals surface area contributed by atoms with E-state index < -0.39 is 24.3 Å². The standard InChI is InChI=1S/C21H18N6S.2C2HF3O2/c22-13-16(20-26-18-3-1-2-4-19(18)28-20)17-10-12-25-21(27-17)24-11-9-14-5-7-15(23)8-6-14;2*3-2(4,5)1(6)7/h1-8,10,12,26H,9,11,23H2,(H,24,25,27);2*(H,6,7)/b20-16+;;. The summed E-state index contributed by atoms with van der Waals surface area (Å²) in [6, 6.07) is 19.8. The number of aliphatic carboxylic acids is 2. The smallest absolute Gasteiger partial charge is 0.475 e. The Morgan fingerprint density at radius 1 is 0.976 bits per heavy atom. The van der Waals surface area contributed by atoms with Gasteiger partial charge in [-0.2, -0.15) is 31.6 Å². The Labute approximate surface area is 237 Å². The lowest BCUT2D eigenvalue weighted by Gasteiger charge is -2.08. The summed E-state index contributed by atoms with van der Waals surface area (Å²) in [5, 5.41) is 31.3. The van der Waals surface area contributed by atoms with Crippen molar-refractivity contribution in [2.75, 3.05) is 22.9 Å². The van der Waals surface area contributed by atoms with Crippen LogP contribution in [0.25, 0.3) is 5.57 Å². The summed E-state index contributed by atoms with van der Waals surface area (Å²) >= 11 is 1.54. The SMILES string of the molecule is N#C/C(=C1/Nc2ccccc2S1)c1ccnc(NCCc2ccc(N)cc2)n1.O=C(O)C(F)(F)F.O=C(O)C(F)(F)F. The fourth-order valence-electron chi connectivity index (χ4n) is 2.84. The van der Waals surface area contributed by atoms with Gasteiger partial charge in [-0.05, 0) is 42.3 Å². The molecular weight excluding hydrogens is 594 g/mol. The number of carbonyl (C=O) groups is 2. The van der Waals surface area contributed by atoms with Gasteiger partial charge in [0.05, 0.1) is 16.4 Å². The fourth-order valence-corrected chi connectivity index (χ4v) is 3.85. The number of anilines is 3. The molecule has 10 nitrogen and oxygen atoms in total. The van der Waals surface area contributed by atoms with Gasteiger partial charge in [0.1, 0.15) is 11.6 Å². The van der Waals surface area contributed by atoms with Gasteiger partial charge in [0.25, 0.3) is 0 Å². The molecular formula is C25H20F6N6O4S. The number of rotatable bonds is 5. The number of hydrogen-bond acceptors (Lipinski definition) is 9. The quantitative estimate of drug-likeness (QED) is 0.142. The predicted octanol–water partition coefficient (Wildman–Crippen LogP) is 5.39. The van der Waals surface area contributed by atoms with Gasteiger partial charge in [0.2, 0.25) is 5.95 Å². The van der Waals surface area contributed by atoms with Crippen LogP contribution in [-0.4, -0.2) is 51.0 Å². The van der Waals surface area contributed by atoms with Crippen LogP contribution in [0.5, 0.6) is 0 Å². The predicted molar refractivity (Wildman–Crippen MR) is 141 cm³/mol. The number of allylic oxidation sites excluding steroid dienone is 1. The van der Waals surface area contributed by atoms with Crippen molar-refractivity contribution in [1.29, 1.82) is 5.26 Å². The van der Waals surface area contributed by atoms with Gasteiger partial charge in [-0.3, -0.25) is 0 Å². The van der Waals surface area contributed by atoms with Crippen LogP contribution < -0.4 is 16.4 Å². The van der Waals surface area contributed by atoms with E-state index in [1.165, 1.54) is 5.56 Å². The third kappa shape index (κ3) is 10.5. The number of thioether (sulfide) groups is 1. The van der Waals surface area contributed by atoms with Gasteiger partial charge in [0.15, 0.2) is 0 Å². The second-order valence-electron chi connectivity index (χ2n) is 7.83. The zero-order chi connectivity index (χ0) is 31.5. The number of alkyl halides is 6. The average molecular weight is 615 g/mol. The molecule has 0 amide bonds. The molecule has 0 bridgehead atoms. The Balaban J connectivity index is 0.000000367. The normalized spacial score (nSPS) is 13.1. The number of carboxylic acids is 2. The Bertz CT molecular complexity index is 1420. The van der Waals surface area contributed by atoms with Gasteiger partial charge in [-0.15, -0.1) is 0 Å². The first-order chi connectivity index (χ1) is 19.6. The molecule has 1 aromatic heterocycles. The highest BCUT2D eigenvalue weighted by Gasteiger charge is 2.38. The van der Waals surface area contributed by atoms with Gasteiger partial charge in [0, 0.05) is 23.3 Å². The van der Waals surface area contributed by atoms with Crippen molar-refractivity contribution in [3.63, 3.8) is 0 Å². The first-order valence-electron chi connectivity index (χ1n) is 11.3. The number of nitrogens with two attached hydrogens (primary N) is 1.